The highest BCUT2D eigenvalue weighted by atomic mass is 16.6. The first-order valence-corrected chi connectivity index (χ1v) is 9.59. The molecule has 0 aliphatic carbocycles. The second-order valence-corrected chi connectivity index (χ2v) is 5.96. The van der Waals surface area contributed by atoms with E-state index in [1.165, 1.54) is 0 Å². The third-order valence-electron chi connectivity index (χ3n) is 3.70. The van der Waals surface area contributed by atoms with Crippen molar-refractivity contribution in [2.45, 2.75) is 71.1 Å². The summed E-state index contributed by atoms with van der Waals surface area (Å²) in [5.74, 6) is 0. The second-order valence-electron chi connectivity index (χ2n) is 5.96. The Morgan fingerprint density at radius 2 is 1.35 bits per heavy atom. The fourth-order valence-corrected chi connectivity index (χ4v) is 2.26. The number of unbranched alkanes of at least 4 members (excludes halogenated alkanes) is 3. The van der Waals surface area contributed by atoms with Gasteiger partial charge in [-0.1, -0.05) is 62.0 Å². The molecule has 0 radical (unpaired) electrons. The lowest BCUT2D eigenvalue weighted by Gasteiger charge is -1.98. The summed E-state index contributed by atoms with van der Waals surface area (Å²) in [5.41, 5.74) is 0.276. The molecule has 0 aromatic heterocycles. The van der Waals surface area contributed by atoms with Crippen molar-refractivity contribution in [1.82, 2.24) is 0 Å². The van der Waals surface area contributed by atoms with Crippen molar-refractivity contribution in [2.24, 2.45) is 0 Å². The molecule has 26 heavy (non-hydrogen) atoms. The van der Waals surface area contributed by atoms with Gasteiger partial charge in [-0.2, -0.15) is 0 Å². The Kier molecular flexibility index (Phi) is 17.5. The summed E-state index contributed by atoms with van der Waals surface area (Å²) in [6.45, 7) is 2.13. The van der Waals surface area contributed by atoms with E-state index in [0.717, 1.165) is 51.2 Å². The summed E-state index contributed by atoms with van der Waals surface area (Å²) in [4.78, 5) is 20.9. The third kappa shape index (κ3) is 16.6. The van der Waals surface area contributed by atoms with E-state index in [1.807, 2.05) is 12.2 Å². The summed E-state index contributed by atoms with van der Waals surface area (Å²) in [7, 11) is 0. The highest BCUT2D eigenvalue weighted by molar-refractivity contribution is 5.48. The van der Waals surface area contributed by atoms with Gasteiger partial charge in [0.2, 0.25) is 5.70 Å². The molecule has 0 bridgehead atoms. The topological polar surface area (TPSA) is 60.2 Å². The van der Waals surface area contributed by atoms with E-state index in [2.05, 4.69) is 43.4 Å². The standard InChI is InChI=1S/C22H33NO3/c1-2-3-4-5-6-7-8-9-10-11-12-13-16-19-22(23(25)26)20-17-14-15-18-21-24/h3-4,6-7,9-10,12-13,19,21H,2,5,8,11,14-18,20H2,1H3/b4-3-,7-6-,10-9-,13-12-,22-19+. The summed E-state index contributed by atoms with van der Waals surface area (Å²) in [6.07, 6.45) is 27.3. The SMILES string of the molecule is CC/C=C\C/C=C\C/C=C\C/C=C\C/C=C(\CCCCCC=O)[N+](=O)[O-]. The molecule has 0 aliphatic rings. The summed E-state index contributed by atoms with van der Waals surface area (Å²) < 4.78 is 0. The number of hydrogen-bond donors (Lipinski definition) is 0. The van der Waals surface area contributed by atoms with Crippen LogP contribution in [0.3, 0.4) is 0 Å². The number of aldehydes is 1. The minimum Gasteiger partial charge on any atom is -0.303 e. The molecule has 0 unspecified atom stereocenters. The maximum atomic E-state index is 11.0. The first-order chi connectivity index (χ1) is 12.7. The number of rotatable bonds is 16. The number of allylic oxidation sites excluding steroid dienone is 10. The number of carbonyl (C=O) groups is 1. The molecular weight excluding hydrogens is 326 g/mol. The van der Waals surface area contributed by atoms with E-state index in [1.54, 1.807) is 6.08 Å². The van der Waals surface area contributed by atoms with Crippen LogP contribution in [0.1, 0.15) is 71.1 Å². The predicted molar refractivity (Wildman–Crippen MR) is 110 cm³/mol. The maximum absolute atomic E-state index is 11.0. The van der Waals surface area contributed by atoms with Crippen molar-refractivity contribution in [1.29, 1.82) is 0 Å². The van der Waals surface area contributed by atoms with E-state index in [4.69, 9.17) is 0 Å². The molecule has 0 atom stereocenters. The van der Waals surface area contributed by atoms with Crippen molar-refractivity contribution < 1.29 is 9.72 Å². The van der Waals surface area contributed by atoms with Crippen molar-refractivity contribution in [3.05, 3.63) is 70.5 Å². The average molecular weight is 360 g/mol. The maximum Gasteiger partial charge on any atom is 0.242 e. The first kappa shape index (κ1) is 23.8. The van der Waals surface area contributed by atoms with E-state index in [0.29, 0.717) is 19.3 Å². The van der Waals surface area contributed by atoms with Crippen LogP contribution in [0.2, 0.25) is 0 Å². The van der Waals surface area contributed by atoms with Crippen molar-refractivity contribution in [3.63, 3.8) is 0 Å². The van der Waals surface area contributed by atoms with Gasteiger partial charge in [-0.15, -0.1) is 0 Å². The van der Waals surface area contributed by atoms with Gasteiger partial charge in [-0.3, -0.25) is 10.1 Å². The van der Waals surface area contributed by atoms with Crippen molar-refractivity contribution in [2.75, 3.05) is 0 Å². The summed E-state index contributed by atoms with van der Waals surface area (Å²) >= 11 is 0. The van der Waals surface area contributed by atoms with Crippen molar-refractivity contribution >= 4 is 6.29 Å². The van der Waals surface area contributed by atoms with Gasteiger partial charge < -0.3 is 4.79 Å². The van der Waals surface area contributed by atoms with Crippen LogP contribution in [0.15, 0.2) is 60.4 Å². The van der Waals surface area contributed by atoms with E-state index < -0.39 is 0 Å². The lowest BCUT2D eigenvalue weighted by atomic mass is 10.1. The Labute approximate surface area is 158 Å². The van der Waals surface area contributed by atoms with Gasteiger partial charge >= 0.3 is 0 Å². The van der Waals surface area contributed by atoms with Gasteiger partial charge in [0.1, 0.15) is 6.29 Å². The van der Waals surface area contributed by atoms with Gasteiger partial charge in [0.05, 0.1) is 4.92 Å². The molecule has 0 aliphatic heterocycles. The predicted octanol–water partition coefficient (Wildman–Crippen LogP) is 6.49. The minimum atomic E-state index is -0.296. The van der Waals surface area contributed by atoms with Crippen LogP contribution in [0.5, 0.6) is 0 Å². The highest BCUT2D eigenvalue weighted by Crippen LogP contribution is 2.11. The zero-order chi connectivity index (χ0) is 19.3. The smallest absolute Gasteiger partial charge is 0.242 e. The fourth-order valence-electron chi connectivity index (χ4n) is 2.26. The molecule has 0 aromatic rings. The number of nitro groups is 1. The van der Waals surface area contributed by atoms with E-state index >= 15 is 0 Å². The Bertz CT molecular complexity index is 513. The van der Waals surface area contributed by atoms with Gasteiger partial charge in [0.15, 0.2) is 0 Å². The van der Waals surface area contributed by atoms with Crippen LogP contribution in [0, 0.1) is 10.1 Å². The molecule has 144 valence electrons. The Balaban J connectivity index is 3.92. The quantitative estimate of drug-likeness (QED) is 0.104. The molecule has 0 aromatic carbocycles. The molecular formula is C22H33NO3. The van der Waals surface area contributed by atoms with Gasteiger partial charge in [0, 0.05) is 12.8 Å². The molecule has 0 rings (SSSR count). The van der Waals surface area contributed by atoms with Gasteiger partial charge in [-0.05, 0) is 51.0 Å². The van der Waals surface area contributed by atoms with E-state index in [-0.39, 0.29) is 10.6 Å². The monoisotopic (exact) mass is 359 g/mol. The fraction of sp³-hybridized carbons (Fsp3) is 0.500. The van der Waals surface area contributed by atoms with Crippen LogP contribution in [-0.4, -0.2) is 11.2 Å². The number of carbonyl (C=O) groups excluding carboxylic acids is 1. The third-order valence-corrected chi connectivity index (χ3v) is 3.70. The minimum absolute atomic E-state index is 0.276. The van der Waals surface area contributed by atoms with Gasteiger partial charge in [0.25, 0.3) is 0 Å². The lowest BCUT2D eigenvalue weighted by molar-refractivity contribution is -0.428. The largest absolute Gasteiger partial charge is 0.303 e. The lowest BCUT2D eigenvalue weighted by Crippen LogP contribution is -1.98. The van der Waals surface area contributed by atoms with Crippen LogP contribution >= 0.6 is 0 Å². The summed E-state index contributed by atoms with van der Waals surface area (Å²) in [5, 5.41) is 11.0. The molecule has 0 amide bonds. The zero-order valence-corrected chi connectivity index (χ0v) is 16.0. The molecule has 4 nitrogen and oxygen atoms in total. The average Bonchev–Trinajstić information content (AvgIpc) is 2.63. The highest BCUT2D eigenvalue weighted by Gasteiger charge is 2.08. The first-order valence-electron chi connectivity index (χ1n) is 9.59. The van der Waals surface area contributed by atoms with Gasteiger partial charge in [-0.25, -0.2) is 0 Å². The zero-order valence-electron chi connectivity index (χ0n) is 16.0. The van der Waals surface area contributed by atoms with Crippen molar-refractivity contribution in [3.8, 4) is 0 Å². The Hall–Kier alpha value is -2.23. The molecule has 0 fully saturated rings. The molecule has 0 spiro atoms. The number of hydrogen-bond acceptors (Lipinski definition) is 3. The molecule has 4 heteroatoms. The van der Waals surface area contributed by atoms with Crippen LogP contribution < -0.4 is 0 Å². The normalized spacial score (nSPS) is 12.9. The van der Waals surface area contributed by atoms with Crippen LogP contribution in [0.4, 0.5) is 0 Å². The molecule has 0 N–H and O–H groups in total. The Morgan fingerprint density at radius 1 is 0.808 bits per heavy atom. The molecule has 0 heterocycles. The second kappa shape index (κ2) is 19.1. The number of nitrogens with zero attached hydrogens (tertiary/aromatic N) is 1. The molecule has 0 saturated carbocycles. The van der Waals surface area contributed by atoms with Crippen LogP contribution in [0.25, 0.3) is 0 Å². The van der Waals surface area contributed by atoms with E-state index in [9.17, 15) is 14.9 Å². The Morgan fingerprint density at radius 3 is 1.85 bits per heavy atom. The molecule has 0 saturated heterocycles. The summed E-state index contributed by atoms with van der Waals surface area (Å²) in [6, 6.07) is 0. The van der Waals surface area contributed by atoms with Crippen LogP contribution in [-0.2, 0) is 4.79 Å².